The summed E-state index contributed by atoms with van der Waals surface area (Å²) >= 11 is 5.93. The third kappa shape index (κ3) is 3.99. The van der Waals surface area contributed by atoms with E-state index >= 15 is 0 Å². The van der Waals surface area contributed by atoms with E-state index in [2.05, 4.69) is 5.32 Å². The Morgan fingerprint density at radius 1 is 1.23 bits per heavy atom. The summed E-state index contributed by atoms with van der Waals surface area (Å²) < 4.78 is 0. The van der Waals surface area contributed by atoms with Crippen molar-refractivity contribution in [1.29, 1.82) is 0 Å². The topological polar surface area (TPSA) is 52.7 Å². The second kappa shape index (κ2) is 7.61. The maximum atomic E-state index is 12.4. The standard InChI is InChI=1S/C16H22ClN3O2/c1-12(11-18-2)15(21)19-6-8-20(9-7-19)16(22)13-4-3-5-14(17)10-13/h3-5,10,12,18H,6-9,11H2,1-2H3. The van der Waals surface area contributed by atoms with Crippen molar-refractivity contribution in [2.45, 2.75) is 6.92 Å². The van der Waals surface area contributed by atoms with E-state index in [-0.39, 0.29) is 17.7 Å². The molecule has 0 aliphatic carbocycles. The average Bonchev–Trinajstić information content (AvgIpc) is 2.54. The molecule has 2 amide bonds. The number of benzene rings is 1. The van der Waals surface area contributed by atoms with Gasteiger partial charge in [0.2, 0.25) is 5.91 Å². The molecule has 1 fully saturated rings. The highest BCUT2D eigenvalue weighted by Gasteiger charge is 2.27. The molecule has 120 valence electrons. The Bertz CT molecular complexity index is 542. The molecule has 22 heavy (non-hydrogen) atoms. The van der Waals surface area contributed by atoms with Crippen LogP contribution >= 0.6 is 11.6 Å². The van der Waals surface area contributed by atoms with Gasteiger partial charge in [-0.15, -0.1) is 0 Å². The third-order valence-electron chi connectivity index (χ3n) is 3.88. The molecule has 1 aromatic carbocycles. The van der Waals surface area contributed by atoms with Gasteiger partial charge in [0.15, 0.2) is 0 Å². The number of carbonyl (C=O) groups excluding carboxylic acids is 2. The number of hydrogen-bond acceptors (Lipinski definition) is 3. The van der Waals surface area contributed by atoms with E-state index in [1.54, 1.807) is 29.2 Å². The monoisotopic (exact) mass is 323 g/mol. The Hall–Kier alpha value is -1.59. The van der Waals surface area contributed by atoms with Crippen LogP contribution in [0.1, 0.15) is 17.3 Å². The molecule has 1 N–H and O–H groups in total. The molecule has 0 spiro atoms. The maximum Gasteiger partial charge on any atom is 0.254 e. The normalized spacial score (nSPS) is 16.5. The van der Waals surface area contributed by atoms with Crippen LogP contribution in [0.25, 0.3) is 0 Å². The highest BCUT2D eigenvalue weighted by molar-refractivity contribution is 6.30. The number of rotatable bonds is 4. The van der Waals surface area contributed by atoms with E-state index in [1.165, 1.54) is 0 Å². The number of carbonyl (C=O) groups is 2. The fourth-order valence-corrected chi connectivity index (χ4v) is 2.83. The molecule has 2 rings (SSSR count). The van der Waals surface area contributed by atoms with Crippen LogP contribution in [0.5, 0.6) is 0 Å². The van der Waals surface area contributed by atoms with Crippen LogP contribution in [0.4, 0.5) is 0 Å². The minimum atomic E-state index is -0.0415. The first-order valence-electron chi connectivity index (χ1n) is 7.51. The summed E-state index contributed by atoms with van der Waals surface area (Å²) in [5, 5.41) is 3.57. The molecule has 6 heteroatoms. The van der Waals surface area contributed by atoms with Crippen LogP contribution in [0.15, 0.2) is 24.3 Å². The van der Waals surface area contributed by atoms with E-state index in [4.69, 9.17) is 11.6 Å². The van der Waals surface area contributed by atoms with Crippen LogP contribution in [0, 0.1) is 5.92 Å². The van der Waals surface area contributed by atoms with Gasteiger partial charge in [-0.2, -0.15) is 0 Å². The van der Waals surface area contributed by atoms with Gasteiger partial charge in [0.05, 0.1) is 0 Å². The summed E-state index contributed by atoms with van der Waals surface area (Å²) in [6.07, 6.45) is 0. The molecule has 5 nitrogen and oxygen atoms in total. The highest BCUT2D eigenvalue weighted by Crippen LogP contribution is 2.15. The number of nitrogens with zero attached hydrogens (tertiary/aromatic N) is 2. The number of hydrogen-bond donors (Lipinski definition) is 1. The van der Waals surface area contributed by atoms with Gasteiger partial charge in [-0.1, -0.05) is 24.6 Å². The largest absolute Gasteiger partial charge is 0.339 e. The van der Waals surface area contributed by atoms with Crippen LogP contribution in [0.3, 0.4) is 0 Å². The van der Waals surface area contributed by atoms with E-state index in [9.17, 15) is 9.59 Å². The Morgan fingerprint density at radius 2 is 1.86 bits per heavy atom. The predicted octanol–water partition coefficient (Wildman–Crippen LogP) is 1.48. The van der Waals surface area contributed by atoms with Gasteiger partial charge >= 0.3 is 0 Å². The molecule has 1 unspecified atom stereocenters. The zero-order valence-electron chi connectivity index (χ0n) is 13.0. The molecule has 1 saturated heterocycles. The molecule has 1 aliphatic heterocycles. The quantitative estimate of drug-likeness (QED) is 0.913. The molecular weight excluding hydrogens is 302 g/mol. The second-order valence-electron chi connectivity index (χ2n) is 5.59. The number of amides is 2. The van der Waals surface area contributed by atoms with Crippen LogP contribution in [-0.2, 0) is 4.79 Å². The first-order valence-corrected chi connectivity index (χ1v) is 7.89. The molecule has 1 atom stereocenters. The smallest absolute Gasteiger partial charge is 0.254 e. The van der Waals surface area contributed by atoms with Gasteiger partial charge in [0, 0.05) is 49.2 Å². The summed E-state index contributed by atoms with van der Waals surface area (Å²) in [4.78, 5) is 28.3. The molecule has 1 aromatic rings. The summed E-state index contributed by atoms with van der Waals surface area (Å²) in [6, 6.07) is 6.96. The molecule has 0 saturated carbocycles. The maximum absolute atomic E-state index is 12.4. The second-order valence-corrected chi connectivity index (χ2v) is 6.02. The Labute approximate surface area is 136 Å². The summed E-state index contributed by atoms with van der Waals surface area (Å²) in [6.45, 7) is 4.87. The van der Waals surface area contributed by atoms with Crippen molar-refractivity contribution in [1.82, 2.24) is 15.1 Å². The summed E-state index contributed by atoms with van der Waals surface area (Å²) in [7, 11) is 1.84. The van der Waals surface area contributed by atoms with E-state index in [0.29, 0.717) is 43.3 Å². The van der Waals surface area contributed by atoms with Crippen molar-refractivity contribution < 1.29 is 9.59 Å². The lowest BCUT2D eigenvalue weighted by Crippen LogP contribution is -2.52. The molecule has 0 bridgehead atoms. The van der Waals surface area contributed by atoms with Gasteiger partial charge in [-0.25, -0.2) is 0 Å². The lowest BCUT2D eigenvalue weighted by molar-refractivity contribution is -0.136. The molecule has 1 heterocycles. The van der Waals surface area contributed by atoms with Crippen molar-refractivity contribution in [3.8, 4) is 0 Å². The van der Waals surface area contributed by atoms with Crippen LogP contribution in [0.2, 0.25) is 5.02 Å². The molecule has 1 aliphatic rings. The Morgan fingerprint density at radius 3 is 2.45 bits per heavy atom. The lowest BCUT2D eigenvalue weighted by atomic mass is 10.1. The molecule has 0 radical (unpaired) electrons. The first kappa shape index (κ1) is 16.8. The minimum Gasteiger partial charge on any atom is -0.339 e. The minimum absolute atomic E-state index is 0.0297. The molecular formula is C16H22ClN3O2. The Balaban J connectivity index is 1.92. The van der Waals surface area contributed by atoms with Gasteiger partial charge in [-0.05, 0) is 25.2 Å². The van der Waals surface area contributed by atoms with Gasteiger partial charge in [-0.3, -0.25) is 9.59 Å². The van der Waals surface area contributed by atoms with Gasteiger partial charge in [0.25, 0.3) is 5.91 Å². The van der Waals surface area contributed by atoms with E-state index < -0.39 is 0 Å². The zero-order chi connectivity index (χ0) is 16.1. The summed E-state index contributed by atoms with van der Waals surface area (Å²) in [5.74, 6) is 0.0715. The van der Waals surface area contributed by atoms with Crippen LogP contribution in [-0.4, -0.2) is 61.4 Å². The Kier molecular flexibility index (Phi) is 5.80. The third-order valence-corrected chi connectivity index (χ3v) is 4.12. The van der Waals surface area contributed by atoms with Crippen molar-refractivity contribution in [3.05, 3.63) is 34.9 Å². The number of piperazine rings is 1. The van der Waals surface area contributed by atoms with Crippen molar-refractivity contribution in [2.24, 2.45) is 5.92 Å². The van der Waals surface area contributed by atoms with E-state index in [0.717, 1.165) is 0 Å². The lowest BCUT2D eigenvalue weighted by Gasteiger charge is -2.36. The van der Waals surface area contributed by atoms with Crippen molar-refractivity contribution in [3.63, 3.8) is 0 Å². The first-order chi connectivity index (χ1) is 10.5. The average molecular weight is 324 g/mol. The SMILES string of the molecule is CNCC(C)C(=O)N1CCN(C(=O)c2cccc(Cl)c2)CC1. The fourth-order valence-electron chi connectivity index (χ4n) is 2.64. The van der Waals surface area contributed by atoms with Gasteiger partial charge < -0.3 is 15.1 Å². The highest BCUT2D eigenvalue weighted by atomic mass is 35.5. The zero-order valence-corrected chi connectivity index (χ0v) is 13.8. The van der Waals surface area contributed by atoms with Crippen LogP contribution < -0.4 is 5.32 Å². The predicted molar refractivity (Wildman–Crippen MR) is 87.0 cm³/mol. The summed E-state index contributed by atoms with van der Waals surface area (Å²) in [5.41, 5.74) is 0.593. The van der Waals surface area contributed by atoms with Crippen molar-refractivity contribution >= 4 is 23.4 Å². The van der Waals surface area contributed by atoms with Gasteiger partial charge in [0.1, 0.15) is 0 Å². The van der Waals surface area contributed by atoms with E-state index in [1.807, 2.05) is 18.9 Å². The number of nitrogens with one attached hydrogen (secondary N) is 1. The number of halogens is 1. The molecule has 0 aromatic heterocycles. The van der Waals surface area contributed by atoms with Crippen molar-refractivity contribution in [2.75, 3.05) is 39.8 Å². The fraction of sp³-hybridized carbons (Fsp3) is 0.500.